The molecule has 0 fully saturated rings. The summed E-state index contributed by atoms with van der Waals surface area (Å²) in [5, 5.41) is 0.342. The molecule has 1 aliphatic rings. The quantitative estimate of drug-likeness (QED) is 0.719. The van der Waals surface area contributed by atoms with Crippen LogP contribution in [0.25, 0.3) is 0 Å². The fourth-order valence-corrected chi connectivity index (χ4v) is 1.97. The molecule has 0 heterocycles. The molecule has 0 saturated carbocycles. The highest BCUT2D eigenvalue weighted by molar-refractivity contribution is 6.31. The van der Waals surface area contributed by atoms with Gasteiger partial charge in [0.25, 0.3) is 0 Å². The molecule has 0 aromatic heterocycles. The molecule has 0 radical (unpaired) electrons. The summed E-state index contributed by atoms with van der Waals surface area (Å²) in [5.74, 6) is -0.942. The van der Waals surface area contributed by atoms with Crippen LogP contribution in [0.1, 0.15) is 27.1 Å². The standard InChI is InChI=1S/C12H9ClO2/c1-7(13)6-10-11(14)8-4-2-3-5-9(8)12(10)15/h2-5,10H,1,6H2. The highest BCUT2D eigenvalue weighted by Crippen LogP contribution is 2.30. The third-order valence-corrected chi connectivity index (χ3v) is 2.67. The number of hydrogen-bond donors (Lipinski definition) is 0. The first-order valence-corrected chi connectivity index (χ1v) is 5.00. The third kappa shape index (κ3) is 1.61. The SMILES string of the molecule is C=C(Cl)CC1C(=O)c2ccccc2C1=O. The first-order valence-electron chi connectivity index (χ1n) is 4.62. The second-order valence-electron chi connectivity index (χ2n) is 3.55. The first-order chi connectivity index (χ1) is 7.11. The van der Waals surface area contributed by atoms with E-state index in [-0.39, 0.29) is 18.0 Å². The molecule has 2 rings (SSSR count). The minimum atomic E-state index is -0.660. The van der Waals surface area contributed by atoms with Crippen molar-refractivity contribution in [2.45, 2.75) is 6.42 Å². The van der Waals surface area contributed by atoms with Crippen LogP contribution in [0.15, 0.2) is 35.9 Å². The smallest absolute Gasteiger partial charge is 0.174 e. The second-order valence-corrected chi connectivity index (χ2v) is 4.08. The van der Waals surface area contributed by atoms with Gasteiger partial charge >= 0.3 is 0 Å². The number of allylic oxidation sites excluding steroid dienone is 1. The van der Waals surface area contributed by atoms with Crippen molar-refractivity contribution >= 4 is 23.2 Å². The van der Waals surface area contributed by atoms with Crippen LogP contribution in [0.4, 0.5) is 0 Å². The van der Waals surface area contributed by atoms with Gasteiger partial charge in [-0.15, -0.1) is 0 Å². The molecular formula is C12H9ClO2. The van der Waals surface area contributed by atoms with Crippen LogP contribution in [0, 0.1) is 5.92 Å². The molecule has 0 bridgehead atoms. The average molecular weight is 221 g/mol. The number of Topliss-reactive ketones (excluding diaryl/α,β-unsaturated/α-hetero) is 2. The number of fused-ring (bicyclic) bond motifs is 1. The number of halogens is 1. The molecule has 1 aromatic rings. The Hall–Kier alpha value is -1.41. The third-order valence-electron chi connectivity index (χ3n) is 2.52. The normalized spacial score (nSPS) is 15.5. The molecule has 0 spiro atoms. The summed E-state index contributed by atoms with van der Waals surface area (Å²) < 4.78 is 0. The Balaban J connectivity index is 2.41. The zero-order valence-corrected chi connectivity index (χ0v) is 8.75. The van der Waals surface area contributed by atoms with Crippen LogP contribution >= 0.6 is 11.6 Å². The number of hydrogen-bond acceptors (Lipinski definition) is 2. The van der Waals surface area contributed by atoms with Gasteiger partial charge in [-0.05, 0) is 6.42 Å². The van der Waals surface area contributed by atoms with Gasteiger partial charge in [0, 0.05) is 16.2 Å². The number of benzene rings is 1. The zero-order valence-electron chi connectivity index (χ0n) is 8.00. The van der Waals surface area contributed by atoms with Crippen LogP contribution < -0.4 is 0 Å². The van der Waals surface area contributed by atoms with Gasteiger partial charge in [0.1, 0.15) is 0 Å². The van der Waals surface area contributed by atoms with E-state index in [9.17, 15) is 9.59 Å². The monoisotopic (exact) mass is 220 g/mol. The van der Waals surface area contributed by atoms with Crippen molar-refractivity contribution in [3.63, 3.8) is 0 Å². The predicted molar refractivity (Wildman–Crippen MR) is 58.2 cm³/mol. The summed E-state index contributed by atoms with van der Waals surface area (Å²) in [5.41, 5.74) is 1.01. The Bertz CT molecular complexity index is 427. The number of ketones is 2. The van der Waals surface area contributed by atoms with Crippen molar-refractivity contribution in [1.29, 1.82) is 0 Å². The summed E-state index contributed by atoms with van der Waals surface area (Å²) >= 11 is 5.63. The number of rotatable bonds is 2. The molecule has 76 valence electrons. The van der Waals surface area contributed by atoms with Gasteiger partial charge in [-0.3, -0.25) is 9.59 Å². The maximum atomic E-state index is 11.8. The Kier molecular flexibility index (Phi) is 2.45. The van der Waals surface area contributed by atoms with Crippen LogP contribution in [-0.2, 0) is 0 Å². The number of carbonyl (C=O) groups is 2. The molecule has 0 amide bonds. The Morgan fingerprint density at radius 2 is 1.67 bits per heavy atom. The van der Waals surface area contributed by atoms with Crippen molar-refractivity contribution in [3.05, 3.63) is 47.0 Å². The van der Waals surface area contributed by atoms with Gasteiger partial charge in [0.15, 0.2) is 11.6 Å². The van der Waals surface area contributed by atoms with Crippen molar-refractivity contribution in [3.8, 4) is 0 Å². The minimum absolute atomic E-state index is 0.141. The van der Waals surface area contributed by atoms with E-state index in [1.54, 1.807) is 24.3 Å². The Morgan fingerprint density at radius 1 is 1.20 bits per heavy atom. The molecule has 3 heteroatoms. The largest absolute Gasteiger partial charge is 0.293 e. The Labute approximate surface area is 92.6 Å². The van der Waals surface area contributed by atoms with Crippen molar-refractivity contribution in [1.82, 2.24) is 0 Å². The predicted octanol–water partition coefficient (Wildman–Crippen LogP) is 2.82. The van der Waals surface area contributed by atoms with E-state index in [0.29, 0.717) is 16.2 Å². The van der Waals surface area contributed by atoms with Crippen LogP contribution in [0.3, 0.4) is 0 Å². The van der Waals surface area contributed by atoms with Gasteiger partial charge in [-0.25, -0.2) is 0 Å². The van der Waals surface area contributed by atoms with Crippen molar-refractivity contribution in [2.75, 3.05) is 0 Å². The lowest BCUT2D eigenvalue weighted by atomic mass is 10.00. The minimum Gasteiger partial charge on any atom is -0.293 e. The maximum Gasteiger partial charge on any atom is 0.174 e. The lowest BCUT2D eigenvalue weighted by Gasteiger charge is -2.03. The first kappa shape index (κ1) is 10.1. The molecular weight excluding hydrogens is 212 g/mol. The van der Waals surface area contributed by atoms with E-state index < -0.39 is 5.92 Å². The summed E-state index contributed by atoms with van der Waals surface area (Å²) in [6, 6.07) is 6.85. The van der Waals surface area contributed by atoms with E-state index in [4.69, 9.17) is 11.6 Å². The van der Waals surface area contributed by atoms with E-state index in [0.717, 1.165) is 0 Å². The van der Waals surface area contributed by atoms with E-state index >= 15 is 0 Å². The molecule has 2 nitrogen and oxygen atoms in total. The summed E-state index contributed by atoms with van der Waals surface area (Å²) in [7, 11) is 0. The zero-order chi connectivity index (χ0) is 11.0. The second kappa shape index (κ2) is 3.63. The lowest BCUT2D eigenvalue weighted by molar-refractivity contribution is 0.0840. The molecule has 1 aliphatic carbocycles. The van der Waals surface area contributed by atoms with Gasteiger partial charge < -0.3 is 0 Å². The highest BCUT2D eigenvalue weighted by atomic mass is 35.5. The topological polar surface area (TPSA) is 34.1 Å². The van der Waals surface area contributed by atoms with Crippen molar-refractivity contribution in [2.24, 2.45) is 5.92 Å². The van der Waals surface area contributed by atoms with E-state index in [1.807, 2.05) is 0 Å². The van der Waals surface area contributed by atoms with Gasteiger partial charge in [0.2, 0.25) is 0 Å². The number of carbonyl (C=O) groups excluding carboxylic acids is 2. The van der Waals surface area contributed by atoms with E-state index in [2.05, 4.69) is 6.58 Å². The Morgan fingerprint density at radius 3 is 2.07 bits per heavy atom. The summed E-state index contributed by atoms with van der Waals surface area (Å²) in [4.78, 5) is 23.6. The molecule has 15 heavy (non-hydrogen) atoms. The van der Waals surface area contributed by atoms with Crippen molar-refractivity contribution < 1.29 is 9.59 Å². The van der Waals surface area contributed by atoms with Crippen LogP contribution in [0.5, 0.6) is 0 Å². The van der Waals surface area contributed by atoms with Gasteiger partial charge in [0.05, 0.1) is 5.92 Å². The molecule has 0 aliphatic heterocycles. The fourth-order valence-electron chi connectivity index (χ4n) is 1.81. The summed E-state index contributed by atoms with van der Waals surface area (Å²) in [6.45, 7) is 3.51. The fraction of sp³-hybridized carbons (Fsp3) is 0.167. The highest BCUT2D eigenvalue weighted by Gasteiger charge is 2.37. The lowest BCUT2D eigenvalue weighted by Crippen LogP contribution is -2.14. The van der Waals surface area contributed by atoms with E-state index in [1.165, 1.54) is 0 Å². The molecule has 1 aromatic carbocycles. The maximum absolute atomic E-state index is 11.8. The van der Waals surface area contributed by atoms with Crippen LogP contribution in [-0.4, -0.2) is 11.6 Å². The molecule has 0 unspecified atom stereocenters. The average Bonchev–Trinajstić information content (AvgIpc) is 2.44. The summed E-state index contributed by atoms with van der Waals surface area (Å²) in [6.07, 6.45) is 0.230. The molecule has 0 atom stereocenters. The van der Waals surface area contributed by atoms with Crippen LogP contribution in [0.2, 0.25) is 0 Å². The molecule has 0 saturated heterocycles. The molecule has 0 N–H and O–H groups in total. The van der Waals surface area contributed by atoms with Gasteiger partial charge in [-0.1, -0.05) is 42.4 Å². The van der Waals surface area contributed by atoms with Gasteiger partial charge in [-0.2, -0.15) is 0 Å².